The molecule has 2 fully saturated rings. The van der Waals surface area contributed by atoms with Crippen molar-refractivity contribution in [3.05, 3.63) is 59.2 Å². The standard InChI is InChI=1S/C26H30N2O6/c1-5-13-31-22-12-11-18(23(17(22)2)32-15-20-16-33-26(3,4)34-20)14-21-24(29)27-28(25(21)30)19-9-7-6-8-10-19/h6-12,14,20H,5,13,15-16H2,1-4H3,(H,27,29)/b21-14-. The molecule has 2 aromatic carbocycles. The number of carbonyl (C=O) groups excluding carboxylic acids is 2. The summed E-state index contributed by atoms with van der Waals surface area (Å²) in [5.41, 5.74) is 4.62. The number of carbonyl (C=O) groups is 2. The van der Waals surface area contributed by atoms with Gasteiger partial charge in [0.05, 0.1) is 18.9 Å². The molecule has 0 aliphatic carbocycles. The highest BCUT2D eigenvalue weighted by molar-refractivity contribution is 6.31. The Hall–Kier alpha value is -3.36. The van der Waals surface area contributed by atoms with E-state index in [2.05, 4.69) is 5.43 Å². The first-order valence-corrected chi connectivity index (χ1v) is 11.4. The molecule has 8 heteroatoms. The molecule has 4 rings (SSSR count). The lowest BCUT2D eigenvalue weighted by atomic mass is 10.0. The Morgan fingerprint density at radius 1 is 1.15 bits per heavy atom. The van der Waals surface area contributed by atoms with Gasteiger partial charge in [-0.25, -0.2) is 5.01 Å². The second-order valence-electron chi connectivity index (χ2n) is 8.69. The molecule has 2 aliphatic rings. The van der Waals surface area contributed by atoms with Crippen LogP contribution in [0.1, 0.15) is 38.3 Å². The molecule has 0 saturated carbocycles. The van der Waals surface area contributed by atoms with Gasteiger partial charge in [0.25, 0.3) is 11.8 Å². The fraction of sp³-hybridized carbons (Fsp3) is 0.385. The van der Waals surface area contributed by atoms with Crippen LogP contribution in [-0.2, 0) is 19.1 Å². The molecule has 180 valence electrons. The van der Waals surface area contributed by atoms with Gasteiger partial charge in [0.1, 0.15) is 29.8 Å². The van der Waals surface area contributed by atoms with Gasteiger partial charge in [0, 0.05) is 11.1 Å². The summed E-state index contributed by atoms with van der Waals surface area (Å²) in [6.45, 7) is 8.89. The van der Waals surface area contributed by atoms with Gasteiger partial charge in [-0.05, 0) is 57.5 Å². The molecule has 1 N–H and O–H groups in total. The fourth-order valence-corrected chi connectivity index (χ4v) is 3.86. The van der Waals surface area contributed by atoms with Crippen LogP contribution < -0.4 is 19.9 Å². The zero-order chi connectivity index (χ0) is 24.3. The maximum atomic E-state index is 13.0. The number of ether oxygens (including phenoxy) is 4. The van der Waals surface area contributed by atoms with E-state index < -0.39 is 17.6 Å². The van der Waals surface area contributed by atoms with Gasteiger partial charge in [-0.2, -0.15) is 0 Å². The Bertz CT molecular complexity index is 1100. The Labute approximate surface area is 199 Å². The molecular weight excluding hydrogens is 436 g/mol. The molecule has 8 nitrogen and oxygen atoms in total. The summed E-state index contributed by atoms with van der Waals surface area (Å²) in [6.07, 6.45) is 2.19. The number of rotatable bonds is 8. The van der Waals surface area contributed by atoms with Gasteiger partial charge in [-0.3, -0.25) is 15.0 Å². The summed E-state index contributed by atoms with van der Waals surface area (Å²) >= 11 is 0. The minimum atomic E-state index is -0.658. The summed E-state index contributed by atoms with van der Waals surface area (Å²) in [5, 5.41) is 1.24. The number of benzene rings is 2. The summed E-state index contributed by atoms with van der Waals surface area (Å²) in [7, 11) is 0. The van der Waals surface area contributed by atoms with E-state index in [9.17, 15) is 9.59 Å². The highest BCUT2D eigenvalue weighted by atomic mass is 16.7. The minimum absolute atomic E-state index is 0.0249. The van der Waals surface area contributed by atoms with Gasteiger partial charge in [-0.1, -0.05) is 25.1 Å². The van der Waals surface area contributed by atoms with Crippen molar-refractivity contribution in [3.8, 4) is 11.5 Å². The summed E-state index contributed by atoms with van der Waals surface area (Å²) in [5.74, 6) is -0.336. The molecular formula is C26H30N2O6. The van der Waals surface area contributed by atoms with E-state index in [0.29, 0.717) is 36.0 Å². The summed E-state index contributed by atoms with van der Waals surface area (Å²) < 4.78 is 23.5. The molecule has 0 bridgehead atoms. The zero-order valence-electron chi connectivity index (χ0n) is 19.9. The number of hydrogen-bond donors (Lipinski definition) is 1. The molecule has 1 atom stereocenters. The van der Waals surface area contributed by atoms with Crippen LogP contribution in [0.3, 0.4) is 0 Å². The lowest BCUT2D eigenvalue weighted by Crippen LogP contribution is -2.35. The predicted octanol–water partition coefficient (Wildman–Crippen LogP) is 3.78. The lowest BCUT2D eigenvalue weighted by molar-refractivity contribution is -0.141. The SMILES string of the molecule is CCCOc1ccc(/C=C2/C(=O)NN(c3ccccc3)C2=O)c(OCC2COC(C)(C)O2)c1C. The first-order chi connectivity index (χ1) is 16.3. The van der Waals surface area contributed by atoms with E-state index in [4.69, 9.17) is 18.9 Å². The van der Waals surface area contributed by atoms with Crippen molar-refractivity contribution in [1.82, 2.24) is 5.43 Å². The van der Waals surface area contributed by atoms with E-state index in [-0.39, 0.29) is 18.3 Å². The Balaban J connectivity index is 1.63. The molecule has 0 radical (unpaired) electrons. The van der Waals surface area contributed by atoms with Crippen molar-refractivity contribution >= 4 is 23.6 Å². The molecule has 2 heterocycles. The average molecular weight is 467 g/mol. The molecule has 0 spiro atoms. The molecule has 2 aromatic rings. The highest BCUT2D eigenvalue weighted by Crippen LogP contribution is 2.35. The average Bonchev–Trinajstić information content (AvgIpc) is 3.31. The third-order valence-electron chi connectivity index (χ3n) is 5.53. The van der Waals surface area contributed by atoms with E-state index in [1.54, 1.807) is 36.4 Å². The van der Waals surface area contributed by atoms with Crippen LogP contribution in [-0.4, -0.2) is 43.5 Å². The topological polar surface area (TPSA) is 86.3 Å². The van der Waals surface area contributed by atoms with Crippen molar-refractivity contribution in [2.75, 3.05) is 24.8 Å². The number of hydrogen-bond acceptors (Lipinski definition) is 6. The Kier molecular flexibility index (Phi) is 6.90. The number of nitrogens with zero attached hydrogens (tertiary/aromatic N) is 1. The largest absolute Gasteiger partial charge is 0.493 e. The zero-order valence-corrected chi connectivity index (χ0v) is 19.9. The second kappa shape index (κ2) is 9.87. The number of amides is 2. The van der Waals surface area contributed by atoms with Gasteiger partial charge >= 0.3 is 0 Å². The van der Waals surface area contributed by atoms with Crippen molar-refractivity contribution in [2.24, 2.45) is 0 Å². The van der Waals surface area contributed by atoms with Gasteiger partial charge in [-0.15, -0.1) is 0 Å². The van der Waals surface area contributed by atoms with Crippen LogP contribution in [0.5, 0.6) is 11.5 Å². The first-order valence-electron chi connectivity index (χ1n) is 11.4. The van der Waals surface area contributed by atoms with Crippen LogP contribution in [0.25, 0.3) is 6.08 Å². The number of para-hydroxylation sites is 1. The lowest BCUT2D eigenvalue weighted by Gasteiger charge is -2.19. The minimum Gasteiger partial charge on any atom is -0.493 e. The first kappa shape index (κ1) is 23.8. The maximum absolute atomic E-state index is 13.0. The maximum Gasteiger partial charge on any atom is 0.282 e. The number of nitrogens with one attached hydrogen (secondary N) is 1. The van der Waals surface area contributed by atoms with E-state index in [1.165, 1.54) is 5.01 Å². The van der Waals surface area contributed by atoms with Crippen molar-refractivity contribution in [3.63, 3.8) is 0 Å². The van der Waals surface area contributed by atoms with Crippen molar-refractivity contribution < 1.29 is 28.5 Å². The quantitative estimate of drug-likeness (QED) is 0.471. The molecule has 2 amide bonds. The molecule has 34 heavy (non-hydrogen) atoms. The Morgan fingerprint density at radius 3 is 2.59 bits per heavy atom. The van der Waals surface area contributed by atoms with E-state index in [0.717, 1.165) is 12.0 Å². The van der Waals surface area contributed by atoms with E-state index in [1.807, 2.05) is 39.8 Å². The summed E-state index contributed by atoms with van der Waals surface area (Å²) in [6, 6.07) is 12.6. The number of anilines is 1. The smallest absolute Gasteiger partial charge is 0.282 e. The van der Waals surface area contributed by atoms with Crippen molar-refractivity contribution in [1.29, 1.82) is 0 Å². The normalized spacial score (nSPS) is 20.6. The van der Waals surface area contributed by atoms with Crippen molar-refractivity contribution in [2.45, 2.75) is 46.0 Å². The van der Waals surface area contributed by atoms with Gasteiger partial charge in [0.15, 0.2) is 5.79 Å². The third-order valence-corrected chi connectivity index (χ3v) is 5.53. The third kappa shape index (κ3) is 5.08. The van der Waals surface area contributed by atoms with Crippen LogP contribution >= 0.6 is 0 Å². The van der Waals surface area contributed by atoms with Crippen LogP contribution in [0.4, 0.5) is 5.69 Å². The van der Waals surface area contributed by atoms with Gasteiger partial charge in [0.2, 0.25) is 0 Å². The molecule has 2 saturated heterocycles. The number of hydrazine groups is 1. The van der Waals surface area contributed by atoms with E-state index >= 15 is 0 Å². The van der Waals surface area contributed by atoms with Gasteiger partial charge < -0.3 is 18.9 Å². The second-order valence-corrected chi connectivity index (χ2v) is 8.69. The molecule has 2 aliphatic heterocycles. The monoisotopic (exact) mass is 466 g/mol. The fourth-order valence-electron chi connectivity index (χ4n) is 3.86. The van der Waals surface area contributed by atoms with Crippen LogP contribution in [0.15, 0.2) is 48.0 Å². The summed E-state index contributed by atoms with van der Waals surface area (Å²) in [4.78, 5) is 25.7. The van der Waals surface area contributed by atoms with Crippen LogP contribution in [0.2, 0.25) is 0 Å². The Morgan fingerprint density at radius 2 is 1.91 bits per heavy atom. The predicted molar refractivity (Wildman–Crippen MR) is 127 cm³/mol. The molecule has 1 unspecified atom stereocenters. The molecule has 0 aromatic heterocycles. The van der Waals surface area contributed by atoms with Crippen LogP contribution in [0, 0.1) is 6.92 Å². The highest BCUT2D eigenvalue weighted by Gasteiger charge is 2.35.